The highest BCUT2D eigenvalue weighted by Crippen LogP contribution is 2.17. The van der Waals surface area contributed by atoms with E-state index in [2.05, 4.69) is 15.6 Å². The second-order valence-corrected chi connectivity index (χ2v) is 6.89. The smallest absolute Gasteiger partial charge is 0.407 e. The van der Waals surface area contributed by atoms with Gasteiger partial charge in [-0.3, -0.25) is 19.4 Å². The fourth-order valence-electron chi connectivity index (χ4n) is 2.92. The highest BCUT2D eigenvalue weighted by Gasteiger charge is 2.34. The number of pyridine rings is 1. The van der Waals surface area contributed by atoms with Gasteiger partial charge in [-0.25, -0.2) is 4.79 Å². The topological polar surface area (TPSA) is 114 Å². The fraction of sp³-hybridized carbons (Fsp3) is 0.526. The minimum Gasteiger partial charge on any atom is -0.449 e. The van der Waals surface area contributed by atoms with Crippen molar-refractivity contribution in [2.75, 3.05) is 13.2 Å². The lowest BCUT2D eigenvalue weighted by Gasteiger charge is -2.25. The largest absolute Gasteiger partial charge is 0.449 e. The van der Waals surface area contributed by atoms with Crippen molar-refractivity contribution in [2.45, 2.75) is 39.2 Å². The normalized spacial score (nSPS) is 18.0. The van der Waals surface area contributed by atoms with Gasteiger partial charge in [0.2, 0.25) is 5.78 Å². The van der Waals surface area contributed by atoms with Crippen molar-refractivity contribution < 1.29 is 23.9 Å². The minimum absolute atomic E-state index is 0.0644. The molecule has 1 fully saturated rings. The molecule has 27 heavy (non-hydrogen) atoms. The molecule has 0 radical (unpaired) electrons. The fourth-order valence-corrected chi connectivity index (χ4v) is 2.92. The van der Waals surface area contributed by atoms with Crippen LogP contribution in [-0.4, -0.2) is 47.7 Å². The molecule has 0 spiro atoms. The van der Waals surface area contributed by atoms with Crippen LogP contribution in [0.15, 0.2) is 24.5 Å². The van der Waals surface area contributed by atoms with Gasteiger partial charge in [0.05, 0.1) is 12.6 Å². The van der Waals surface area contributed by atoms with Crippen molar-refractivity contribution in [3.63, 3.8) is 0 Å². The van der Waals surface area contributed by atoms with Crippen LogP contribution in [0.2, 0.25) is 0 Å². The van der Waals surface area contributed by atoms with Gasteiger partial charge in [0.15, 0.2) is 5.78 Å². The number of rotatable bonds is 8. The zero-order valence-electron chi connectivity index (χ0n) is 15.6. The number of hydrogen-bond donors (Lipinski definition) is 2. The lowest BCUT2D eigenvalue weighted by atomic mass is 9.87. The Balaban J connectivity index is 1.84. The van der Waals surface area contributed by atoms with Crippen molar-refractivity contribution in [2.24, 2.45) is 11.8 Å². The van der Waals surface area contributed by atoms with Crippen molar-refractivity contribution in [3.05, 3.63) is 30.1 Å². The molecule has 0 aliphatic carbocycles. The molecule has 146 valence electrons. The molecular formula is C19H25N3O5. The van der Waals surface area contributed by atoms with Crippen LogP contribution >= 0.6 is 0 Å². The number of Topliss-reactive ketones (excluding diaryl/α,β-unsaturated/α-hetero) is 2. The molecule has 1 aromatic rings. The van der Waals surface area contributed by atoms with Gasteiger partial charge in [0.25, 0.3) is 5.91 Å². The maximum Gasteiger partial charge on any atom is 0.407 e. The van der Waals surface area contributed by atoms with Crippen LogP contribution in [0.25, 0.3) is 0 Å². The van der Waals surface area contributed by atoms with E-state index in [-0.39, 0.29) is 24.7 Å². The molecule has 2 unspecified atom stereocenters. The molecule has 2 amide bonds. The van der Waals surface area contributed by atoms with E-state index in [0.29, 0.717) is 19.4 Å². The zero-order chi connectivity index (χ0) is 19.8. The molecule has 8 nitrogen and oxygen atoms in total. The van der Waals surface area contributed by atoms with Gasteiger partial charge in [-0.1, -0.05) is 19.9 Å². The van der Waals surface area contributed by atoms with Gasteiger partial charge < -0.3 is 15.4 Å². The Morgan fingerprint density at radius 1 is 1.37 bits per heavy atom. The van der Waals surface area contributed by atoms with Crippen molar-refractivity contribution in [1.82, 2.24) is 15.6 Å². The molecule has 1 aliphatic rings. The van der Waals surface area contributed by atoms with E-state index in [0.717, 1.165) is 5.56 Å². The van der Waals surface area contributed by atoms with Crippen LogP contribution in [0, 0.1) is 11.8 Å². The van der Waals surface area contributed by atoms with E-state index in [1.807, 2.05) is 6.07 Å². The number of piperidine rings is 1. The van der Waals surface area contributed by atoms with Crippen molar-refractivity contribution in [1.29, 1.82) is 0 Å². The summed E-state index contributed by atoms with van der Waals surface area (Å²) in [6, 6.07) is 2.91. The van der Waals surface area contributed by atoms with E-state index in [1.54, 1.807) is 32.3 Å². The van der Waals surface area contributed by atoms with Gasteiger partial charge in [-0.05, 0) is 24.0 Å². The highest BCUT2D eigenvalue weighted by atomic mass is 16.5. The minimum atomic E-state index is -0.770. The van der Waals surface area contributed by atoms with Gasteiger partial charge in [0.1, 0.15) is 0 Å². The summed E-state index contributed by atoms with van der Waals surface area (Å²) < 4.78 is 5.14. The second-order valence-electron chi connectivity index (χ2n) is 6.89. The summed E-state index contributed by atoms with van der Waals surface area (Å²) in [5.41, 5.74) is 0.941. The molecule has 1 saturated heterocycles. The summed E-state index contributed by atoms with van der Waals surface area (Å²) in [6.45, 7) is 4.14. The Hall–Kier alpha value is -2.77. The van der Waals surface area contributed by atoms with Gasteiger partial charge in [0, 0.05) is 37.7 Å². The summed E-state index contributed by atoms with van der Waals surface area (Å²) in [5.74, 6) is -2.30. The SMILES string of the molecule is CC(C)C(NC(=O)OCCc1cccnc1)C(=O)CC1CCNC(=O)C1=O. The molecule has 2 N–H and O–H groups in total. The Kier molecular flexibility index (Phi) is 7.45. The van der Waals surface area contributed by atoms with Crippen LogP contribution in [0.3, 0.4) is 0 Å². The van der Waals surface area contributed by atoms with Crippen LogP contribution in [0.5, 0.6) is 0 Å². The average molecular weight is 375 g/mol. The van der Waals surface area contributed by atoms with E-state index < -0.39 is 29.7 Å². The Morgan fingerprint density at radius 3 is 2.81 bits per heavy atom. The Labute approximate surface area is 158 Å². The lowest BCUT2D eigenvalue weighted by Crippen LogP contribution is -2.48. The van der Waals surface area contributed by atoms with Crippen LogP contribution in [-0.2, 0) is 25.5 Å². The monoisotopic (exact) mass is 375 g/mol. The highest BCUT2D eigenvalue weighted by molar-refractivity contribution is 6.37. The molecule has 2 heterocycles. The van der Waals surface area contributed by atoms with Crippen molar-refractivity contribution in [3.8, 4) is 0 Å². The summed E-state index contributed by atoms with van der Waals surface area (Å²) in [6.07, 6.45) is 3.56. The maximum absolute atomic E-state index is 12.6. The number of carbonyl (C=O) groups is 4. The Bertz CT molecular complexity index is 690. The quantitative estimate of drug-likeness (QED) is 0.656. The third-order valence-electron chi connectivity index (χ3n) is 4.45. The van der Waals surface area contributed by atoms with E-state index >= 15 is 0 Å². The number of amides is 2. The first-order valence-corrected chi connectivity index (χ1v) is 9.05. The predicted octanol–water partition coefficient (Wildman–Crippen LogP) is 1.04. The molecule has 8 heteroatoms. The number of carbonyl (C=O) groups excluding carboxylic acids is 4. The zero-order valence-corrected chi connectivity index (χ0v) is 15.6. The number of aromatic nitrogens is 1. The van der Waals surface area contributed by atoms with Crippen LogP contribution in [0.4, 0.5) is 4.79 Å². The number of alkyl carbamates (subject to hydrolysis) is 1. The molecule has 1 aliphatic heterocycles. The molecule has 1 aromatic heterocycles. The number of nitrogens with zero attached hydrogens (tertiary/aromatic N) is 1. The predicted molar refractivity (Wildman–Crippen MR) is 96.8 cm³/mol. The third-order valence-corrected chi connectivity index (χ3v) is 4.45. The molecular weight excluding hydrogens is 350 g/mol. The Morgan fingerprint density at radius 2 is 2.15 bits per heavy atom. The van der Waals surface area contributed by atoms with Gasteiger partial charge >= 0.3 is 6.09 Å². The molecule has 2 atom stereocenters. The number of hydrogen-bond acceptors (Lipinski definition) is 6. The third kappa shape index (κ3) is 6.16. The summed E-state index contributed by atoms with van der Waals surface area (Å²) >= 11 is 0. The molecule has 0 aromatic carbocycles. The van der Waals surface area contributed by atoms with Gasteiger partial charge in [-0.2, -0.15) is 0 Å². The summed E-state index contributed by atoms with van der Waals surface area (Å²) in [4.78, 5) is 51.9. The summed E-state index contributed by atoms with van der Waals surface area (Å²) in [5, 5.41) is 5.04. The number of ketones is 2. The van der Waals surface area contributed by atoms with Crippen LogP contribution < -0.4 is 10.6 Å². The van der Waals surface area contributed by atoms with Gasteiger partial charge in [-0.15, -0.1) is 0 Å². The van der Waals surface area contributed by atoms with E-state index in [1.165, 1.54) is 0 Å². The van der Waals surface area contributed by atoms with E-state index in [4.69, 9.17) is 4.74 Å². The first-order chi connectivity index (χ1) is 12.9. The molecule has 2 rings (SSSR count). The summed E-state index contributed by atoms with van der Waals surface area (Å²) in [7, 11) is 0. The molecule has 0 saturated carbocycles. The van der Waals surface area contributed by atoms with Crippen molar-refractivity contribution >= 4 is 23.6 Å². The number of ether oxygens (including phenoxy) is 1. The standard InChI is InChI=1S/C19H25N3O5/c1-12(2)16(15(23)10-14-5-8-21-18(25)17(14)24)22-19(26)27-9-6-13-4-3-7-20-11-13/h3-4,7,11-12,14,16H,5-6,8-10H2,1-2H3,(H,21,25)(H,22,26). The lowest BCUT2D eigenvalue weighted by molar-refractivity contribution is -0.143. The second kappa shape index (κ2) is 9.80. The van der Waals surface area contributed by atoms with Crippen LogP contribution in [0.1, 0.15) is 32.3 Å². The molecule has 0 bridgehead atoms. The first-order valence-electron chi connectivity index (χ1n) is 9.05. The van der Waals surface area contributed by atoms with E-state index in [9.17, 15) is 19.2 Å². The maximum atomic E-state index is 12.6. The first kappa shape index (κ1) is 20.5. The number of nitrogens with one attached hydrogen (secondary N) is 2. The average Bonchev–Trinajstić information content (AvgIpc) is 2.64.